The zero-order valence-electron chi connectivity index (χ0n) is 10.9. The van der Waals surface area contributed by atoms with E-state index < -0.39 is 0 Å². The Bertz CT molecular complexity index is 665. The summed E-state index contributed by atoms with van der Waals surface area (Å²) in [6.07, 6.45) is 9.01. The minimum atomic E-state index is 0.647. The van der Waals surface area contributed by atoms with Crippen molar-refractivity contribution in [1.29, 1.82) is 0 Å². The Kier molecular flexibility index (Phi) is 3.79. The molecule has 3 heterocycles. The van der Waals surface area contributed by atoms with E-state index >= 15 is 0 Å². The summed E-state index contributed by atoms with van der Waals surface area (Å²) < 4.78 is 1.77. The van der Waals surface area contributed by atoms with Crippen molar-refractivity contribution in [1.82, 2.24) is 29.9 Å². The van der Waals surface area contributed by atoms with Gasteiger partial charge in [-0.15, -0.1) is 0 Å². The number of nitrogens with one attached hydrogen (secondary N) is 2. The molecule has 7 heteroatoms. The lowest BCUT2D eigenvalue weighted by molar-refractivity contribution is 0.697. The molecule has 0 fully saturated rings. The normalized spacial score (nSPS) is 10.8. The summed E-state index contributed by atoms with van der Waals surface area (Å²) in [7, 11) is 0. The van der Waals surface area contributed by atoms with Gasteiger partial charge in [-0.25, -0.2) is 19.5 Å². The summed E-state index contributed by atoms with van der Waals surface area (Å²) in [5.41, 5.74) is 1.95. The van der Waals surface area contributed by atoms with Crippen molar-refractivity contribution in [2.45, 2.75) is 6.54 Å². The van der Waals surface area contributed by atoms with Gasteiger partial charge in [-0.2, -0.15) is 5.10 Å². The van der Waals surface area contributed by atoms with Gasteiger partial charge in [0.25, 0.3) is 0 Å². The largest absolute Gasteiger partial charge is 0.353 e. The molecule has 0 saturated carbocycles. The number of hydrogen-bond donors (Lipinski definition) is 2. The summed E-state index contributed by atoms with van der Waals surface area (Å²) in [5, 5.41) is 10.6. The van der Waals surface area contributed by atoms with E-state index in [0.717, 1.165) is 30.8 Å². The van der Waals surface area contributed by atoms with Crippen LogP contribution in [0.15, 0.2) is 43.1 Å². The first-order valence-corrected chi connectivity index (χ1v) is 6.42. The Morgan fingerprint density at radius 2 is 1.95 bits per heavy atom. The third kappa shape index (κ3) is 3.07. The molecule has 0 bridgehead atoms. The lowest BCUT2D eigenvalue weighted by atomic mass is 10.3. The van der Waals surface area contributed by atoms with Crippen molar-refractivity contribution in [3.63, 3.8) is 0 Å². The third-order valence-electron chi connectivity index (χ3n) is 2.78. The van der Waals surface area contributed by atoms with Crippen LogP contribution < -0.4 is 10.6 Å². The molecule has 102 valence electrons. The Morgan fingerprint density at radius 3 is 2.85 bits per heavy atom. The van der Waals surface area contributed by atoms with Crippen LogP contribution in [-0.2, 0) is 6.54 Å². The van der Waals surface area contributed by atoms with Crippen LogP contribution in [0.2, 0.25) is 0 Å². The highest BCUT2D eigenvalue weighted by atomic mass is 15.2. The van der Waals surface area contributed by atoms with Gasteiger partial charge in [0.2, 0.25) is 5.95 Å². The molecule has 2 N–H and O–H groups in total. The van der Waals surface area contributed by atoms with Crippen LogP contribution in [-0.4, -0.2) is 37.7 Å². The lowest BCUT2D eigenvalue weighted by Crippen LogP contribution is -2.22. The first kappa shape index (κ1) is 12.5. The smallest absolute Gasteiger partial charge is 0.222 e. The Morgan fingerprint density at radius 1 is 1.05 bits per heavy atom. The molecule has 0 aliphatic rings. The fraction of sp³-hybridized carbons (Fsp3) is 0.231. The Balaban J connectivity index is 1.43. The minimum Gasteiger partial charge on any atom is -0.353 e. The van der Waals surface area contributed by atoms with Gasteiger partial charge in [-0.05, 0) is 6.07 Å². The van der Waals surface area contributed by atoms with E-state index in [-0.39, 0.29) is 0 Å². The predicted molar refractivity (Wildman–Crippen MR) is 75.2 cm³/mol. The average molecular weight is 269 g/mol. The zero-order chi connectivity index (χ0) is 13.6. The monoisotopic (exact) mass is 269 g/mol. The fourth-order valence-electron chi connectivity index (χ4n) is 1.83. The summed E-state index contributed by atoms with van der Waals surface area (Å²) >= 11 is 0. The van der Waals surface area contributed by atoms with Crippen molar-refractivity contribution in [2.75, 3.05) is 18.4 Å². The van der Waals surface area contributed by atoms with Crippen LogP contribution in [0.3, 0.4) is 0 Å². The van der Waals surface area contributed by atoms with Crippen LogP contribution in [0.5, 0.6) is 0 Å². The maximum Gasteiger partial charge on any atom is 0.222 e. The summed E-state index contributed by atoms with van der Waals surface area (Å²) in [6.45, 7) is 2.33. The molecule has 0 aliphatic heterocycles. The fourth-order valence-corrected chi connectivity index (χ4v) is 1.83. The van der Waals surface area contributed by atoms with E-state index in [1.807, 2.05) is 18.5 Å². The van der Waals surface area contributed by atoms with Crippen LogP contribution in [0, 0.1) is 0 Å². The number of fused-ring (bicyclic) bond motifs is 1. The summed E-state index contributed by atoms with van der Waals surface area (Å²) in [5.74, 6) is 0.647. The lowest BCUT2D eigenvalue weighted by Gasteiger charge is -2.06. The highest BCUT2D eigenvalue weighted by Gasteiger charge is 1.98. The van der Waals surface area contributed by atoms with Gasteiger partial charge in [0.1, 0.15) is 0 Å². The first-order chi connectivity index (χ1) is 9.92. The molecule has 3 aromatic heterocycles. The SMILES string of the molecule is c1cnc(NCCNCc2cnc3ccnn3c2)nc1. The van der Waals surface area contributed by atoms with Crippen molar-refractivity contribution < 1.29 is 0 Å². The molecular weight excluding hydrogens is 254 g/mol. The van der Waals surface area contributed by atoms with Crippen molar-refractivity contribution >= 4 is 11.6 Å². The summed E-state index contributed by atoms with van der Waals surface area (Å²) in [6, 6.07) is 3.67. The Hall–Kier alpha value is -2.54. The van der Waals surface area contributed by atoms with Gasteiger partial charge in [0.05, 0.1) is 6.20 Å². The van der Waals surface area contributed by atoms with Gasteiger partial charge in [-0.3, -0.25) is 0 Å². The number of anilines is 1. The highest BCUT2D eigenvalue weighted by molar-refractivity contribution is 5.35. The quantitative estimate of drug-likeness (QED) is 0.642. The predicted octanol–water partition coefficient (Wildman–Crippen LogP) is 0.721. The number of hydrogen-bond acceptors (Lipinski definition) is 6. The number of aromatic nitrogens is 5. The van der Waals surface area contributed by atoms with Gasteiger partial charge in [0, 0.05) is 56.1 Å². The molecule has 0 atom stereocenters. The van der Waals surface area contributed by atoms with Crippen molar-refractivity contribution in [3.05, 3.63) is 48.7 Å². The second-order valence-corrected chi connectivity index (χ2v) is 4.27. The van der Waals surface area contributed by atoms with Gasteiger partial charge >= 0.3 is 0 Å². The molecule has 0 aliphatic carbocycles. The van der Waals surface area contributed by atoms with Crippen LogP contribution in [0.4, 0.5) is 5.95 Å². The molecule has 3 aromatic rings. The van der Waals surface area contributed by atoms with E-state index in [9.17, 15) is 0 Å². The maximum absolute atomic E-state index is 4.31. The second kappa shape index (κ2) is 6.07. The average Bonchev–Trinajstić information content (AvgIpc) is 2.95. The van der Waals surface area contributed by atoms with Crippen LogP contribution >= 0.6 is 0 Å². The van der Waals surface area contributed by atoms with E-state index in [1.165, 1.54) is 0 Å². The van der Waals surface area contributed by atoms with E-state index in [1.54, 1.807) is 29.2 Å². The van der Waals surface area contributed by atoms with Gasteiger partial charge in [0.15, 0.2) is 5.65 Å². The molecule has 0 aromatic carbocycles. The third-order valence-corrected chi connectivity index (χ3v) is 2.78. The molecule has 0 unspecified atom stereocenters. The topological polar surface area (TPSA) is 80.0 Å². The van der Waals surface area contributed by atoms with Crippen molar-refractivity contribution in [3.8, 4) is 0 Å². The second-order valence-electron chi connectivity index (χ2n) is 4.27. The summed E-state index contributed by atoms with van der Waals surface area (Å²) in [4.78, 5) is 12.5. The van der Waals surface area contributed by atoms with Crippen LogP contribution in [0.1, 0.15) is 5.56 Å². The maximum atomic E-state index is 4.31. The van der Waals surface area contributed by atoms with Gasteiger partial charge < -0.3 is 10.6 Å². The molecule has 3 rings (SSSR count). The molecule has 0 radical (unpaired) electrons. The van der Waals surface area contributed by atoms with E-state index in [2.05, 4.69) is 30.7 Å². The standard InChI is InChI=1S/C13H15N7/c1-3-15-13(16-4-1)17-7-6-14-8-11-9-18-12-2-5-19-20(12)10-11/h1-5,9-10,14H,6-8H2,(H,15,16,17). The zero-order valence-corrected chi connectivity index (χ0v) is 10.9. The van der Waals surface area contributed by atoms with Gasteiger partial charge in [-0.1, -0.05) is 0 Å². The highest BCUT2D eigenvalue weighted by Crippen LogP contribution is 2.01. The molecular formula is C13H15N7. The first-order valence-electron chi connectivity index (χ1n) is 6.42. The molecule has 0 amide bonds. The number of nitrogens with zero attached hydrogens (tertiary/aromatic N) is 5. The minimum absolute atomic E-state index is 0.647. The molecule has 0 spiro atoms. The Labute approximate surface area is 116 Å². The van der Waals surface area contributed by atoms with Crippen LogP contribution in [0.25, 0.3) is 5.65 Å². The van der Waals surface area contributed by atoms with E-state index in [4.69, 9.17) is 0 Å². The number of rotatable bonds is 6. The molecule has 20 heavy (non-hydrogen) atoms. The molecule has 7 nitrogen and oxygen atoms in total. The van der Waals surface area contributed by atoms with Crippen molar-refractivity contribution in [2.24, 2.45) is 0 Å². The molecule has 0 saturated heterocycles. The van der Waals surface area contributed by atoms with E-state index in [0.29, 0.717) is 5.95 Å².